The lowest BCUT2D eigenvalue weighted by Gasteiger charge is -2.31. The highest BCUT2D eigenvalue weighted by atomic mass is 16.5. The van der Waals surface area contributed by atoms with Gasteiger partial charge in [-0.25, -0.2) is 0 Å². The Morgan fingerprint density at radius 1 is 1.25 bits per heavy atom. The van der Waals surface area contributed by atoms with Gasteiger partial charge in [0.05, 0.1) is 0 Å². The Morgan fingerprint density at radius 2 is 2.00 bits per heavy atom. The van der Waals surface area contributed by atoms with Crippen LogP contribution in [0.25, 0.3) is 0 Å². The Bertz CT molecular complexity index is 406. The van der Waals surface area contributed by atoms with Gasteiger partial charge in [0.1, 0.15) is 0 Å². The summed E-state index contributed by atoms with van der Waals surface area (Å²) in [6.07, 6.45) is 7.02. The Morgan fingerprint density at radius 3 is 2.70 bits per heavy atom. The molecule has 0 aromatic carbocycles. The number of hydrogen-bond donors (Lipinski definition) is 1. The zero-order valence-corrected chi connectivity index (χ0v) is 13.4. The molecule has 2 unspecified atom stereocenters. The van der Waals surface area contributed by atoms with Crippen LogP contribution in [0, 0.1) is 11.3 Å². The minimum Gasteiger partial charge on any atom is -0.339 e. The average molecular weight is 279 g/mol. The Balaban J connectivity index is 1.94. The van der Waals surface area contributed by atoms with Gasteiger partial charge >= 0.3 is 0 Å². The fraction of sp³-hybridized carbons (Fsp3) is 0.875. The molecular weight excluding hydrogens is 250 g/mol. The van der Waals surface area contributed by atoms with Crippen molar-refractivity contribution in [3.63, 3.8) is 0 Å². The number of aromatic nitrogens is 2. The molecule has 1 aliphatic carbocycles. The van der Waals surface area contributed by atoms with Crippen LogP contribution in [0.4, 0.5) is 0 Å². The van der Waals surface area contributed by atoms with Crippen molar-refractivity contribution >= 4 is 0 Å². The quantitative estimate of drug-likeness (QED) is 0.898. The van der Waals surface area contributed by atoms with Gasteiger partial charge in [0.15, 0.2) is 5.82 Å². The van der Waals surface area contributed by atoms with Gasteiger partial charge in [-0.05, 0) is 30.7 Å². The minimum absolute atomic E-state index is 0.207. The fourth-order valence-corrected chi connectivity index (χ4v) is 3.13. The first kappa shape index (κ1) is 15.5. The summed E-state index contributed by atoms with van der Waals surface area (Å²) in [6.45, 7) is 9.82. The average Bonchev–Trinajstić information content (AvgIpc) is 2.77. The van der Waals surface area contributed by atoms with E-state index in [-0.39, 0.29) is 5.41 Å². The predicted molar refractivity (Wildman–Crippen MR) is 80.6 cm³/mol. The molecule has 114 valence electrons. The summed E-state index contributed by atoms with van der Waals surface area (Å²) in [4.78, 5) is 4.58. The van der Waals surface area contributed by atoms with Crippen LogP contribution in [0.5, 0.6) is 0 Å². The first-order valence-electron chi connectivity index (χ1n) is 8.03. The molecule has 4 nitrogen and oxygen atoms in total. The molecule has 0 saturated heterocycles. The summed E-state index contributed by atoms with van der Waals surface area (Å²) < 4.78 is 5.45. The van der Waals surface area contributed by atoms with Crippen LogP contribution >= 0.6 is 0 Å². The third-order valence-electron chi connectivity index (χ3n) is 4.01. The van der Waals surface area contributed by atoms with Crippen LogP contribution in [-0.2, 0) is 12.8 Å². The van der Waals surface area contributed by atoms with E-state index in [4.69, 9.17) is 4.52 Å². The maximum absolute atomic E-state index is 5.45. The minimum atomic E-state index is 0.207. The third-order valence-corrected chi connectivity index (χ3v) is 4.01. The van der Waals surface area contributed by atoms with Gasteiger partial charge in [-0.15, -0.1) is 0 Å². The molecule has 4 heteroatoms. The van der Waals surface area contributed by atoms with Crippen LogP contribution in [-0.4, -0.2) is 22.7 Å². The number of nitrogens with one attached hydrogen (secondary N) is 1. The summed E-state index contributed by atoms with van der Waals surface area (Å²) >= 11 is 0. The van der Waals surface area contributed by atoms with E-state index in [9.17, 15) is 0 Å². The molecule has 1 saturated carbocycles. The summed E-state index contributed by atoms with van der Waals surface area (Å²) in [6, 6.07) is 0.617. The van der Waals surface area contributed by atoms with Gasteiger partial charge in [0, 0.05) is 18.9 Å². The molecule has 0 amide bonds. The Kier molecular flexibility index (Phi) is 5.19. The van der Waals surface area contributed by atoms with Gasteiger partial charge in [-0.3, -0.25) is 0 Å². The lowest BCUT2D eigenvalue weighted by Crippen LogP contribution is -2.39. The highest BCUT2D eigenvalue weighted by Crippen LogP contribution is 2.27. The molecule has 2 rings (SSSR count). The van der Waals surface area contributed by atoms with Crippen molar-refractivity contribution in [2.24, 2.45) is 11.3 Å². The second-order valence-electron chi connectivity index (χ2n) is 7.25. The molecule has 1 aromatic heterocycles. The molecule has 0 radical (unpaired) electrons. The highest BCUT2D eigenvalue weighted by Gasteiger charge is 2.26. The van der Waals surface area contributed by atoms with Gasteiger partial charge in [0.2, 0.25) is 5.89 Å². The lowest BCUT2D eigenvalue weighted by molar-refractivity contribution is 0.241. The van der Waals surface area contributed by atoms with E-state index < -0.39 is 0 Å². The van der Waals surface area contributed by atoms with E-state index in [2.05, 4.69) is 43.2 Å². The zero-order valence-electron chi connectivity index (χ0n) is 13.4. The van der Waals surface area contributed by atoms with E-state index in [1.54, 1.807) is 0 Å². The van der Waals surface area contributed by atoms with Crippen molar-refractivity contribution in [1.82, 2.24) is 15.5 Å². The molecule has 20 heavy (non-hydrogen) atoms. The van der Waals surface area contributed by atoms with E-state index in [1.165, 1.54) is 25.7 Å². The first-order valence-corrected chi connectivity index (χ1v) is 8.03. The van der Waals surface area contributed by atoms with E-state index in [0.29, 0.717) is 12.0 Å². The molecule has 1 fully saturated rings. The Labute approximate surface area is 122 Å². The second-order valence-corrected chi connectivity index (χ2v) is 7.25. The molecule has 0 aliphatic heterocycles. The zero-order chi connectivity index (χ0) is 14.6. The van der Waals surface area contributed by atoms with Gasteiger partial charge in [0.25, 0.3) is 0 Å². The summed E-state index contributed by atoms with van der Waals surface area (Å²) in [7, 11) is 0. The van der Waals surface area contributed by atoms with Crippen molar-refractivity contribution in [2.45, 2.75) is 72.3 Å². The monoisotopic (exact) mass is 279 g/mol. The molecule has 1 aromatic rings. The van der Waals surface area contributed by atoms with Gasteiger partial charge in [-0.1, -0.05) is 45.7 Å². The highest BCUT2D eigenvalue weighted by molar-refractivity contribution is 4.93. The number of rotatable bonds is 5. The second kappa shape index (κ2) is 6.70. The van der Waals surface area contributed by atoms with Crippen LogP contribution in [0.2, 0.25) is 0 Å². The predicted octanol–water partition coefficient (Wildman–Crippen LogP) is 3.37. The van der Waals surface area contributed by atoms with Crippen molar-refractivity contribution in [3.05, 3.63) is 11.7 Å². The van der Waals surface area contributed by atoms with Gasteiger partial charge in [-0.2, -0.15) is 4.98 Å². The molecule has 1 aliphatic rings. The van der Waals surface area contributed by atoms with Crippen LogP contribution < -0.4 is 5.32 Å². The van der Waals surface area contributed by atoms with Gasteiger partial charge < -0.3 is 9.84 Å². The van der Waals surface area contributed by atoms with E-state index in [0.717, 1.165) is 31.1 Å². The molecular formula is C16H29N3O. The van der Waals surface area contributed by atoms with E-state index >= 15 is 0 Å². The third kappa shape index (κ3) is 4.58. The molecule has 0 bridgehead atoms. The smallest absolute Gasteiger partial charge is 0.226 e. The molecule has 1 heterocycles. The van der Waals surface area contributed by atoms with Crippen LogP contribution in [0.15, 0.2) is 4.52 Å². The SMILES string of the molecule is CCNC1CCCCC1Cc1nc(CC(C)(C)C)no1. The standard InChI is InChI=1S/C16H29N3O/c1-5-17-13-9-7-6-8-12(13)10-15-18-14(19-20-15)11-16(2,3)4/h12-13,17H,5-11H2,1-4H3. The summed E-state index contributed by atoms with van der Waals surface area (Å²) in [5, 5.41) is 7.74. The van der Waals surface area contributed by atoms with Crippen molar-refractivity contribution in [3.8, 4) is 0 Å². The largest absolute Gasteiger partial charge is 0.339 e. The number of hydrogen-bond acceptors (Lipinski definition) is 4. The fourth-order valence-electron chi connectivity index (χ4n) is 3.13. The van der Waals surface area contributed by atoms with Crippen molar-refractivity contribution in [1.29, 1.82) is 0 Å². The summed E-state index contributed by atoms with van der Waals surface area (Å²) in [5.74, 6) is 2.31. The van der Waals surface area contributed by atoms with Crippen LogP contribution in [0.1, 0.15) is 65.1 Å². The molecule has 0 spiro atoms. The van der Waals surface area contributed by atoms with Crippen LogP contribution in [0.3, 0.4) is 0 Å². The van der Waals surface area contributed by atoms with E-state index in [1.807, 2.05) is 0 Å². The maximum atomic E-state index is 5.45. The first-order chi connectivity index (χ1) is 9.48. The maximum Gasteiger partial charge on any atom is 0.226 e. The topological polar surface area (TPSA) is 51.0 Å². The van der Waals surface area contributed by atoms with Crippen molar-refractivity contribution < 1.29 is 4.52 Å². The van der Waals surface area contributed by atoms with Crippen molar-refractivity contribution in [2.75, 3.05) is 6.54 Å². The molecule has 1 N–H and O–H groups in total. The lowest BCUT2D eigenvalue weighted by atomic mass is 9.82. The molecule has 2 atom stereocenters. The normalized spacial score (nSPS) is 24.0. The number of nitrogens with zero attached hydrogens (tertiary/aromatic N) is 2. The summed E-state index contributed by atoms with van der Waals surface area (Å²) in [5.41, 5.74) is 0.207. The Hall–Kier alpha value is -0.900.